The summed E-state index contributed by atoms with van der Waals surface area (Å²) in [4.78, 5) is 11.9. The quantitative estimate of drug-likeness (QED) is 0.176. The summed E-state index contributed by atoms with van der Waals surface area (Å²) in [7, 11) is 0. The first-order valence-electron chi connectivity index (χ1n) is 11.6. The van der Waals surface area contributed by atoms with Crippen molar-refractivity contribution >= 4 is 29.4 Å². The van der Waals surface area contributed by atoms with Crippen LogP contribution in [0.25, 0.3) is 11.1 Å². The number of phenolic OH excluding ortho intramolecular Hbond substituents is 1. The summed E-state index contributed by atoms with van der Waals surface area (Å²) < 4.78 is 25.4. The van der Waals surface area contributed by atoms with Crippen LogP contribution in [0.2, 0.25) is 10.0 Å². The second kappa shape index (κ2) is 14.0. The van der Waals surface area contributed by atoms with E-state index in [1.807, 2.05) is 6.07 Å². The van der Waals surface area contributed by atoms with E-state index in [1.54, 1.807) is 6.92 Å². The number of nitriles is 1. The van der Waals surface area contributed by atoms with Gasteiger partial charge >= 0.3 is 6.16 Å². The molecule has 0 amide bonds. The van der Waals surface area contributed by atoms with Gasteiger partial charge in [0.05, 0.1) is 23.3 Å². The van der Waals surface area contributed by atoms with Crippen LogP contribution in [0.3, 0.4) is 0 Å². The molecule has 1 N–H and O–H groups in total. The number of nitrogens with zero attached hydrogens (tertiary/aromatic N) is 1. The highest BCUT2D eigenvalue weighted by molar-refractivity contribution is 6.36. The molecule has 0 heterocycles. The number of ether oxygens (including phenoxy) is 2. The number of carbonyl (C=O) groups excluding carboxylic acids is 1. The van der Waals surface area contributed by atoms with Crippen LogP contribution in [-0.2, 0) is 11.2 Å². The molecule has 0 radical (unpaired) electrons. The molecular weight excluding hydrogens is 480 g/mol. The molecule has 0 aromatic heterocycles. The van der Waals surface area contributed by atoms with Crippen molar-refractivity contribution in [1.29, 1.82) is 5.26 Å². The third kappa shape index (κ3) is 7.51. The van der Waals surface area contributed by atoms with Crippen molar-refractivity contribution < 1.29 is 23.8 Å². The predicted molar refractivity (Wildman–Crippen MR) is 132 cm³/mol. The molecule has 0 aliphatic heterocycles. The standard InChI is InChI=1S/C26H30Cl2FNO4/c1-3-5-6-7-8-9-10-11-12-17-13-18(16-30)22(23(29)24(17)31)20-14-19(27)15-21(28)25(20)34-26(32)33-4-2/h13-15,31H,3-12H2,1-2H3. The molecule has 0 saturated heterocycles. The molecule has 0 saturated carbocycles. The molecule has 0 aliphatic carbocycles. The number of hydrogen-bond donors (Lipinski definition) is 1. The Labute approximate surface area is 210 Å². The molecule has 5 nitrogen and oxygen atoms in total. The summed E-state index contributed by atoms with van der Waals surface area (Å²) in [5.74, 6) is -1.76. The van der Waals surface area contributed by atoms with Gasteiger partial charge in [-0.15, -0.1) is 0 Å². The van der Waals surface area contributed by atoms with Gasteiger partial charge < -0.3 is 14.6 Å². The molecule has 2 aromatic rings. The lowest BCUT2D eigenvalue weighted by atomic mass is 9.93. The fourth-order valence-corrected chi connectivity index (χ4v) is 4.30. The molecular formula is C26H30Cl2FNO4. The highest BCUT2D eigenvalue weighted by Crippen LogP contribution is 2.44. The van der Waals surface area contributed by atoms with Crippen LogP contribution in [0.1, 0.15) is 76.3 Å². The van der Waals surface area contributed by atoms with Crippen molar-refractivity contribution in [2.75, 3.05) is 6.61 Å². The number of benzene rings is 2. The van der Waals surface area contributed by atoms with Gasteiger partial charge in [0.15, 0.2) is 17.3 Å². The topological polar surface area (TPSA) is 79.5 Å². The Morgan fingerprint density at radius 3 is 2.32 bits per heavy atom. The summed E-state index contributed by atoms with van der Waals surface area (Å²) in [6.45, 7) is 3.84. The van der Waals surface area contributed by atoms with E-state index >= 15 is 4.39 Å². The van der Waals surface area contributed by atoms with Crippen molar-refractivity contribution in [3.05, 3.63) is 45.2 Å². The summed E-state index contributed by atoms with van der Waals surface area (Å²) >= 11 is 12.3. The maximum absolute atomic E-state index is 15.4. The van der Waals surface area contributed by atoms with Gasteiger partial charge in [0.1, 0.15) is 0 Å². The molecule has 0 aliphatic rings. The maximum Gasteiger partial charge on any atom is 0.513 e. The van der Waals surface area contributed by atoms with E-state index in [-0.39, 0.29) is 39.1 Å². The van der Waals surface area contributed by atoms with E-state index in [1.165, 1.54) is 43.9 Å². The van der Waals surface area contributed by atoms with Crippen LogP contribution in [0, 0.1) is 17.1 Å². The van der Waals surface area contributed by atoms with Gasteiger partial charge in [-0.1, -0.05) is 75.1 Å². The maximum atomic E-state index is 15.4. The summed E-state index contributed by atoms with van der Waals surface area (Å²) in [5.41, 5.74) is 0.0404. The molecule has 0 bridgehead atoms. The van der Waals surface area contributed by atoms with E-state index < -0.39 is 17.7 Å². The van der Waals surface area contributed by atoms with Gasteiger partial charge in [-0.05, 0) is 43.5 Å². The van der Waals surface area contributed by atoms with Crippen LogP contribution < -0.4 is 4.74 Å². The third-order valence-electron chi connectivity index (χ3n) is 5.46. The lowest BCUT2D eigenvalue weighted by Crippen LogP contribution is -2.11. The van der Waals surface area contributed by atoms with Gasteiger partial charge in [0.25, 0.3) is 0 Å². The smallest absolute Gasteiger partial charge is 0.505 e. The number of halogens is 3. The van der Waals surface area contributed by atoms with Crippen LogP contribution in [0.5, 0.6) is 11.5 Å². The van der Waals surface area contributed by atoms with Gasteiger partial charge in [-0.2, -0.15) is 5.26 Å². The molecule has 2 aromatic carbocycles. The van der Waals surface area contributed by atoms with Crippen molar-refractivity contribution in [3.63, 3.8) is 0 Å². The van der Waals surface area contributed by atoms with Crippen LogP contribution in [0.15, 0.2) is 18.2 Å². The van der Waals surface area contributed by atoms with Gasteiger partial charge in [-0.3, -0.25) is 0 Å². The first-order chi connectivity index (χ1) is 16.3. The number of carbonyl (C=O) groups is 1. The van der Waals surface area contributed by atoms with Crippen molar-refractivity contribution in [2.24, 2.45) is 0 Å². The zero-order valence-corrected chi connectivity index (χ0v) is 21.1. The fourth-order valence-electron chi connectivity index (χ4n) is 3.76. The Balaban J connectivity index is 2.30. The monoisotopic (exact) mass is 509 g/mol. The minimum absolute atomic E-state index is 0.0306. The second-order valence-electron chi connectivity index (χ2n) is 8.01. The minimum Gasteiger partial charge on any atom is -0.505 e. The molecule has 0 fully saturated rings. The first-order valence-corrected chi connectivity index (χ1v) is 12.4. The Bertz CT molecular complexity index is 1040. The normalized spacial score (nSPS) is 10.7. The predicted octanol–water partition coefficient (Wildman–Crippen LogP) is 8.60. The van der Waals surface area contributed by atoms with E-state index in [0.717, 1.165) is 25.7 Å². The van der Waals surface area contributed by atoms with Gasteiger partial charge in [0.2, 0.25) is 0 Å². The highest BCUT2D eigenvalue weighted by atomic mass is 35.5. The SMILES string of the molecule is CCCCCCCCCCc1cc(C#N)c(-c2cc(Cl)cc(Cl)c2OC(=O)OCC)c(F)c1O. The van der Waals surface area contributed by atoms with Crippen LogP contribution in [-0.4, -0.2) is 17.9 Å². The Morgan fingerprint density at radius 2 is 1.71 bits per heavy atom. The average molecular weight is 510 g/mol. The van der Waals surface area contributed by atoms with Crippen molar-refractivity contribution in [1.82, 2.24) is 0 Å². The molecule has 184 valence electrons. The average Bonchev–Trinajstić information content (AvgIpc) is 2.80. The molecule has 0 spiro atoms. The number of unbranched alkanes of at least 4 members (excludes halogenated alkanes) is 7. The Hall–Kier alpha value is -2.49. The number of rotatable bonds is 12. The van der Waals surface area contributed by atoms with Gasteiger partial charge in [0, 0.05) is 16.1 Å². The molecule has 2 rings (SSSR count). The highest BCUT2D eigenvalue weighted by Gasteiger charge is 2.25. The Morgan fingerprint density at radius 1 is 1.06 bits per heavy atom. The fraction of sp³-hybridized carbons (Fsp3) is 0.462. The minimum atomic E-state index is -1.04. The van der Waals surface area contributed by atoms with Gasteiger partial charge in [-0.25, -0.2) is 9.18 Å². The lowest BCUT2D eigenvalue weighted by Gasteiger charge is -2.16. The van der Waals surface area contributed by atoms with E-state index in [2.05, 4.69) is 6.92 Å². The van der Waals surface area contributed by atoms with Crippen molar-refractivity contribution in [2.45, 2.75) is 71.6 Å². The second-order valence-corrected chi connectivity index (χ2v) is 8.85. The zero-order valence-electron chi connectivity index (χ0n) is 19.6. The van der Waals surface area contributed by atoms with Crippen LogP contribution in [0.4, 0.5) is 9.18 Å². The lowest BCUT2D eigenvalue weighted by molar-refractivity contribution is 0.104. The summed E-state index contributed by atoms with van der Waals surface area (Å²) in [5, 5.41) is 20.4. The molecule has 34 heavy (non-hydrogen) atoms. The molecule has 0 unspecified atom stereocenters. The first kappa shape index (κ1) is 27.8. The number of phenols is 1. The Kier molecular flexibility index (Phi) is 11.5. The van der Waals surface area contributed by atoms with E-state index in [9.17, 15) is 15.2 Å². The summed E-state index contributed by atoms with van der Waals surface area (Å²) in [6, 6.07) is 6.06. The zero-order chi connectivity index (χ0) is 25.1. The number of aryl methyl sites for hydroxylation is 1. The van der Waals surface area contributed by atoms with E-state index in [0.29, 0.717) is 12.0 Å². The summed E-state index contributed by atoms with van der Waals surface area (Å²) in [6.07, 6.45) is 8.26. The largest absolute Gasteiger partial charge is 0.513 e. The number of aromatic hydroxyl groups is 1. The third-order valence-corrected chi connectivity index (χ3v) is 5.96. The van der Waals surface area contributed by atoms with E-state index in [4.69, 9.17) is 32.7 Å². The molecule has 8 heteroatoms. The molecule has 0 atom stereocenters. The number of hydrogen-bond acceptors (Lipinski definition) is 5. The van der Waals surface area contributed by atoms with Crippen molar-refractivity contribution in [3.8, 4) is 28.7 Å². The van der Waals surface area contributed by atoms with Crippen LogP contribution >= 0.6 is 23.2 Å².